The van der Waals surface area contributed by atoms with Crippen molar-refractivity contribution in [3.05, 3.63) is 42.4 Å². The molecule has 0 unspecified atom stereocenters. The van der Waals surface area contributed by atoms with Crippen LogP contribution in [0, 0.1) is 0 Å². The first-order chi connectivity index (χ1) is 8.28. The molecule has 1 aromatic carbocycles. The minimum atomic E-state index is 0.781. The predicted molar refractivity (Wildman–Crippen MR) is 71.0 cm³/mol. The maximum atomic E-state index is 5.65. The summed E-state index contributed by atoms with van der Waals surface area (Å²) in [5.41, 5.74) is 7.53. The quantitative estimate of drug-likeness (QED) is 0.664. The monoisotopic (exact) mass is 245 g/mol. The van der Waals surface area contributed by atoms with E-state index >= 15 is 0 Å². The molecule has 2 aromatic rings. The van der Waals surface area contributed by atoms with Gasteiger partial charge in [0.25, 0.3) is 0 Å². The Morgan fingerprint density at radius 1 is 1.18 bits per heavy atom. The lowest BCUT2D eigenvalue weighted by Crippen LogP contribution is -1.91. The molecule has 0 aliphatic rings. The van der Waals surface area contributed by atoms with Crippen molar-refractivity contribution in [2.75, 3.05) is 5.73 Å². The molecule has 0 saturated heterocycles. The number of nitrogens with two attached hydrogens (primary N) is 1. The number of hydrogen-bond donors (Lipinski definition) is 1. The fourth-order valence-electron chi connectivity index (χ4n) is 1.48. The SMILES string of the molecule is CCCc1cc(Sc2ccc(N)cc2)ncn1. The summed E-state index contributed by atoms with van der Waals surface area (Å²) in [5, 5.41) is 0.980. The predicted octanol–water partition coefficient (Wildman–Crippen LogP) is 3.16. The van der Waals surface area contributed by atoms with Crippen LogP contribution in [0.1, 0.15) is 19.0 Å². The van der Waals surface area contributed by atoms with Gasteiger partial charge in [-0.15, -0.1) is 0 Å². The van der Waals surface area contributed by atoms with E-state index in [-0.39, 0.29) is 0 Å². The zero-order valence-electron chi connectivity index (χ0n) is 9.76. The fourth-order valence-corrected chi connectivity index (χ4v) is 2.29. The fraction of sp³-hybridized carbons (Fsp3) is 0.231. The maximum absolute atomic E-state index is 5.65. The summed E-state index contributed by atoms with van der Waals surface area (Å²) in [6.07, 6.45) is 3.73. The molecule has 2 N–H and O–H groups in total. The van der Waals surface area contributed by atoms with Crippen molar-refractivity contribution < 1.29 is 0 Å². The van der Waals surface area contributed by atoms with Crippen molar-refractivity contribution in [3.63, 3.8) is 0 Å². The second-order valence-corrected chi connectivity index (χ2v) is 4.86. The van der Waals surface area contributed by atoms with E-state index in [2.05, 4.69) is 16.9 Å². The van der Waals surface area contributed by atoms with Crippen LogP contribution in [0.2, 0.25) is 0 Å². The molecular formula is C13H15N3S. The third-order valence-corrected chi connectivity index (χ3v) is 3.25. The minimum Gasteiger partial charge on any atom is -0.399 e. The number of rotatable bonds is 4. The molecule has 2 rings (SSSR count). The van der Waals surface area contributed by atoms with Gasteiger partial charge in [0.2, 0.25) is 0 Å². The van der Waals surface area contributed by atoms with E-state index in [1.807, 2.05) is 30.3 Å². The lowest BCUT2D eigenvalue weighted by molar-refractivity contribution is 0.854. The van der Waals surface area contributed by atoms with Crippen LogP contribution in [0.4, 0.5) is 5.69 Å². The van der Waals surface area contributed by atoms with E-state index in [1.165, 1.54) is 0 Å². The van der Waals surface area contributed by atoms with E-state index in [0.29, 0.717) is 0 Å². The van der Waals surface area contributed by atoms with Gasteiger partial charge in [-0.3, -0.25) is 0 Å². The van der Waals surface area contributed by atoms with E-state index in [1.54, 1.807) is 18.1 Å². The van der Waals surface area contributed by atoms with Gasteiger partial charge >= 0.3 is 0 Å². The Balaban J connectivity index is 2.12. The second-order valence-electron chi connectivity index (χ2n) is 3.77. The Labute approximate surface area is 105 Å². The zero-order chi connectivity index (χ0) is 12.1. The van der Waals surface area contributed by atoms with Gasteiger partial charge in [0.15, 0.2) is 0 Å². The van der Waals surface area contributed by atoms with Crippen LogP contribution < -0.4 is 5.73 Å². The van der Waals surface area contributed by atoms with E-state index < -0.39 is 0 Å². The lowest BCUT2D eigenvalue weighted by Gasteiger charge is -2.03. The minimum absolute atomic E-state index is 0.781. The molecule has 0 spiro atoms. The van der Waals surface area contributed by atoms with Gasteiger partial charge < -0.3 is 5.73 Å². The molecule has 0 radical (unpaired) electrons. The summed E-state index contributed by atoms with van der Waals surface area (Å²) in [6, 6.07) is 9.85. The molecular weight excluding hydrogens is 230 g/mol. The van der Waals surface area contributed by atoms with Crippen molar-refractivity contribution >= 4 is 17.4 Å². The number of aromatic nitrogens is 2. The first-order valence-electron chi connectivity index (χ1n) is 5.62. The molecule has 88 valence electrons. The van der Waals surface area contributed by atoms with Gasteiger partial charge in [0.1, 0.15) is 11.4 Å². The highest BCUT2D eigenvalue weighted by atomic mass is 32.2. The number of nitrogens with zero attached hydrogens (tertiary/aromatic N) is 2. The van der Waals surface area contributed by atoms with Gasteiger partial charge in [-0.05, 0) is 36.8 Å². The number of nitrogen functional groups attached to an aromatic ring is 1. The zero-order valence-corrected chi connectivity index (χ0v) is 10.6. The van der Waals surface area contributed by atoms with Gasteiger partial charge in [0.05, 0.1) is 0 Å². The average molecular weight is 245 g/mol. The number of aryl methyl sites for hydroxylation is 1. The third kappa shape index (κ3) is 3.46. The highest BCUT2D eigenvalue weighted by Gasteiger charge is 2.01. The maximum Gasteiger partial charge on any atom is 0.116 e. The van der Waals surface area contributed by atoms with Gasteiger partial charge in [-0.2, -0.15) is 0 Å². The highest BCUT2D eigenvalue weighted by molar-refractivity contribution is 7.99. The molecule has 0 fully saturated rings. The van der Waals surface area contributed by atoms with Crippen LogP contribution in [0.25, 0.3) is 0 Å². The molecule has 0 saturated carbocycles. The van der Waals surface area contributed by atoms with Crippen LogP contribution in [-0.2, 0) is 6.42 Å². The van der Waals surface area contributed by atoms with Crippen molar-refractivity contribution in [2.45, 2.75) is 29.7 Å². The first kappa shape index (κ1) is 11.9. The molecule has 0 aliphatic heterocycles. The molecule has 0 aliphatic carbocycles. The topological polar surface area (TPSA) is 51.8 Å². The summed E-state index contributed by atoms with van der Waals surface area (Å²) in [5.74, 6) is 0. The number of anilines is 1. The summed E-state index contributed by atoms with van der Waals surface area (Å²) in [7, 11) is 0. The Morgan fingerprint density at radius 3 is 2.65 bits per heavy atom. The second kappa shape index (κ2) is 5.68. The van der Waals surface area contributed by atoms with Crippen molar-refractivity contribution in [1.29, 1.82) is 0 Å². The van der Waals surface area contributed by atoms with E-state index in [9.17, 15) is 0 Å². The normalized spacial score (nSPS) is 10.4. The smallest absolute Gasteiger partial charge is 0.116 e. The van der Waals surface area contributed by atoms with E-state index in [4.69, 9.17) is 5.73 Å². The summed E-state index contributed by atoms with van der Waals surface area (Å²) < 4.78 is 0. The molecule has 0 amide bonds. The highest BCUT2D eigenvalue weighted by Crippen LogP contribution is 2.26. The Kier molecular flexibility index (Phi) is 3.98. The van der Waals surface area contributed by atoms with Gasteiger partial charge in [-0.25, -0.2) is 9.97 Å². The van der Waals surface area contributed by atoms with Crippen molar-refractivity contribution in [2.24, 2.45) is 0 Å². The molecule has 0 atom stereocenters. The molecule has 0 bridgehead atoms. The van der Waals surface area contributed by atoms with Gasteiger partial charge in [-0.1, -0.05) is 25.1 Å². The number of benzene rings is 1. The summed E-state index contributed by atoms with van der Waals surface area (Å²) in [6.45, 7) is 2.15. The summed E-state index contributed by atoms with van der Waals surface area (Å²) in [4.78, 5) is 9.64. The molecule has 1 heterocycles. The van der Waals surface area contributed by atoms with E-state index in [0.717, 1.165) is 34.1 Å². The molecule has 17 heavy (non-hydrogen) atoms. The van der Waals surface area contributed by atoms with Gasteiger partial charge in [0, 0.05) is 16.3 Å². The largest absolute Gasteiger partial charge is 0.399 e. The number of hydrogen-bond acceptors (Lipinski definition) is 4. The Hall–Kier alpha value is -1.55. The van der Waals surface area contributed by atoms with Crippen LogP contribution >= 0.6 is 11.8 Å². The van der Waals surface area contributed by atoms with Crippen molar-refractivity contribution in [1.82, 2.24) is 9.97 Å². The Bertz CT molecular complexity index is 482. The molecule has 3 nitrogen and oxygen atoms in total. The third-order valence-electron chi connectivity index (χ3n) is 2.31. The first-order valence-corrected chi connectivity index (χ1v) is 6.44. The lowest BCUT2D eigenvalue weighted by atomic mass is 10.2. The average Bonchev–Trinajstić information content (AvgIpc) is 2.33. The summed E-state index contributed by atoms with van der Waals surface area (Å²) >= 11 is 1.63. The van der Waals surface area contributed by atoms with Crippen LogP contribution in [0.15, 0.2) is 46.6 Å². The molecule has 1 aromatic heterocycles. The standard InChI is InChI=1S/C13H15N3S/c1-2-3-11-8-13(16-9-15-11)17-12-6-4-10(14)5-7-12/h4-9H,2-3,14H2,1H3. The Morgan fingerprint density at radius 2 is 1.94 bits per heavy atom. The van der Waals surface area contributed by atoms with Crippen LogP contribution in [-0.4, -0.2) is 9.97 Å². The van der Waals surface area contributed by atoms with Crippen molar-refractivity contribution in [3.8, 4) is 0 Å². The van der Waals surface area contributed by atoms with Crippen LogP contribution in [0.3, 0.4) is 0 Å². The van der Waals surface area contributed by atoms with Crippen LogP contribution in [0.5, 0.6) is 0 Å². The molecule has 4 heteroatoms.